The molecule has 0 radical (unpaired) electrons. The summed E-state index contributed by atoms with van der Waals surface area (Å²) < 4.78 is 11.5. The van der Waals surface area contributed by atoms with Crippen LogP contribution in [0.5, 0.6) is 11.5 Å². The number of rotatable bonds is 6. The van der Waals surface area contributed by atoms with E-state index in [0.29, 0.717) is 12.5 Å². The summed E-state index contributed by atoms with van der Waals surface area (Å²) in [5.41, 5.74) is 7.00. The van der Waals surface area contributed by atoms with E-state index in [9.17, 15) is 0 Å². The normalized spacial score (nSPS) is 20.2. The van der Waals surface area contributed by atoms with Gasteiger partial charge in [0.05, 0.1) is 13.7 Å². The van der Waals surface area contributed by atoms with Crippen molar-refractivity contribution in [1.82, 2.24) is 0 Å². The van der Waals surface area contributed by atoms with Crippen LogP contribution in [0.15, 0.2) is 12.1 Å². The highest BCUT2D eigenvalue weighted by atomic mass is 35.5. The van der Waals surface area contributed by atoms with Gasteiger partial charge in [-0.2, -0.15) is 0 Å². The van der Waals surface area contributed by atoms with Crippen molar-refractivity contribution < 1.29 is 9.47 Å². The lowest BCUT2D eigenvalue weighted by Gasteiger charge is -2.22. The predicted octanol–water partition coefficient (Wildman–Crippen LogP) is 3.13. The number of halogens is 1. The van der Waals surface area contributed by atoms with Crippen molar-refractivity contribution in [3.63, 3.8) is 0 Å². The van der Waals surface area contributed by atoms with Gasteiger partial charge in [-0.15, -0.1) is 0 Å². The van der Waals surface area contributed by atoms with Crippen molar-refractivity contribution in [3.05, 3.63) is 22.7 Å². The van der Waals surface area contributed by atoms with Crippen molar-refractivity contribution >= 4 is 11.6 Å². The number of benzene rings is 1. The van der Waals surface area contributed by atoms with Crippen molar-refractivity contribution in [2.45, 2.75) is 31.1 Å². The Morgan fingerprint density at radius 1 is 1.37 bits per heavy atom. The van der Waals surface area contributed by atoms with Gasteiger partial charge in [0.2, 0.25) is 0 Å². The molecule has 19 heavy (non-hydrogen) atoms. The Bertz CT molecular complexity index is 481. The first-order valence-electron chi connectivity index (χ1n) is 6.90. The van der Waals surface area contributed by atoms with Crippen molar-refractivity contribution in [2.24, 2.45) is 11.7 Å². The Kier molecular flexibility index (Phi) is 3.35. The van der Waals surface area contributed by atoms with Crippen LogP contribution in [0.4, 0.5) is 0 Å². The number of methoxy groups -OCH3 is 1. The van der Waals surface area contributed by atoms with Crippen LogP contribution in [0.3, 0.4) is 0 Å². The smallest absolute Gasteiger partial charge is 0.166 e. The molecular formula is C15H20ClNO2. The minimum absolute atomic E-state index is 0.00447. The molecule has 2 N–H and O–H groups in total. The van der Waals surface area contributed by atoms with Gasteiger partial charge < -0.3 is 15.2 Å². The molecule has 0 amide bonds. The molecule has 1 aromatic carbocycles. The molecule has 0 heterocycles. The first kappa shape index (κ1) is 13.1. The third kappa shape index (κ3) is 2.41. The number of hydrogen-bond acceptors (Lipinski definition) is 3. The summed E-state index contributed by atoms with van der Waals surface area (Å²) in [5, 5.41) is 0.745. The topological polar surface area (TPSA) is 44.5 Å². The molecule has 0 atom stereocenters. The van der Waals surface area contributed by atoms with Gasteiger partial charge in [0.15, 0.2) is 11.5 Å². The molecule has 0 unspecified atom stereocenters. The van der Waals surface area contributed by atoms with Gasteiger partial charge >= 0.3 is 0 Å². The van der Waals surface area contributed by atoms with Gasteiger partial charge in [-0.25, -0.2) is 0 Å². The van der Waals surface area contributed by atoms with Gasteiger partial charge in [0, 0.05) is 22.5 Å². The molecule has 3 nitrogen and oxygen atoms in total. The zero-order valence-electron chi connectivity index (χ0n) is 11.2. The van der Waals surface area contributed by atoms with Crippen molar-refractivity contribution in [2.75, 3.05) is 20.3 Å². The molecule has 1 aromatic rings. The van der Waals surface area contributed by atoms with E-state index in [1.54, 1.807) is 7.11 Å². The largest absolute Gasteiger partial charge is 0.493 e. The van der Waals surface area contributed by atoms with E-state index in [0.717, 1.165) is 41.5 Å². The molecule has 0 aromatic heterocycles. The SMILES string of the molecule is COc1ccc(Cl)c(C2(CN)CC2)c1OCC1CC1. The van der Waals surface area contributed by atoms with E-state index in [4.69, 9.17) is 26.8 Å². The fourth-order valence-corrected chi connectivity index (χ4v) is 2.88. The minimum atomic E-state index is 0.00447. The predicted molar refractivity (Wildman–Crippen MR) is 76.2 cm³/mol. The molecule has 2 aliphatic rings. The maximum atomic E-state index is 6.40. The van der Waals surface area contributed by atoms with Crippen molar-refractivity contribution in [1.29, 1.82) is 0 Å². The molecule has 0 bridgehead atoms. The Morgan fingerprint density at radius 2 is 2.11 bits per heavy atom. The quantitative estimate of drug-likeness (QED) is 0.871. The van der Waals surface area contributed by atoms with Crippen LogP contribution in [0, 0.1) is 5.92 Å². The summed E-state index contributed by atoms with van der Waals surface area (Å²) >= 11 is 6.40. The van der Waals surface area contributed by atoms with Crippen LogP contribution >= 0.6 is 11.6 Å². The summed E-state index contributed by atoms with van der Waals surface area (Å²) in [6.07, 6.45) is 4.69. The van der Waals surface area contributed by atoms with Crippen LogP contribution in [0.25, 0.3) is 0 Å². The molecular weight excluding hydrogens is 262 g/mol. The number of ether oxygens (including phenoxy) is 2. The van der Waals surface area contributed by atoms with Crippen LogP contribution in [-0.2, 0) is 5.41 Å². The second-order valence-corrected chi connectivity index (χ2v) is 6.10. The van der Waals surface area contributed by atoms with E-state index in [1.165, 1.54) is 12.8 Å². The fraction of sp³-hybridized carbons (Fsp3) is 0.600. The summed E-state index contributed by atoms with van der Waals surface area (Å²) in [6.45, 7) is 1.37. The van der Waals surface area contributed by atoms with E-state index in [-0.39, 0.29) is 5.41 Å². The first-order valence-corrected chi connectivity index (χ1v) is 7.28. The molecule has 2 saturated carbocycles. The molecule has 104 valence electrons. The Hall–Kier alpha value is -0.930. The summed E-state index contributed by atoms with van der Waals surface area (Å²) in [4.78, 5) is 0. The average Bonchev–Trinajstić information content (AvgIpc) is 3.31. The lowest BCUT2D eigenvalue weighted by molar-refractivity contribution is 0.275. The van der Waals surface area contributed by atoms with Gasteiger partial charge in [-0.05, 0) is 43.7 Å². The highest BCUT2D eigenvalue weighted by molar-refractivity contribution is 6.31. The maximum absolute atomic E-state index is 6.40. The van der Waals surface area contributed by atoms with E-state index < -0.39 is 0 Å². The highest BCUT2D eigenvalue weighted by Crippen LogP contribution is 2.55. The van der Waals surface area contributed by atoms with E-state index in [2.05, 4.69) is 0 Å². The fourth-order valence-electron chi connectivity index (χ4n) is 2.53. The highest BCUT2D eigenvalue weighted by Gasteiger charge is 2.47. The maximum Gasteiger partial charge on any atom is 0.166 e. The van der Waals surface area contributed by atoms with Crippen LogP contribution in [0.2, 0.25) is 5.02 Å². The standard InChI is InChI=1S/C15H20ClNO2/c1-18-12-5-4-11(16)13(15(9-17)6-7-15)14(12)19-8-10-2-3-10/h4-5,10H,2-3,6-9,17H2,1H3. The third-order valence-electron chi connectivity index (χ3n) is 4.23. The van der Waals surface area contributed by atoms with Crippen LogP contribution in [-0.4, -0.2) is 20.3 Å². The molecule has 0 saturated heterocycles. The number of nitrogens with two attached hydrogens (primary N) is 1. The zero-order valence-corrected chi connectivity index (χ0v) is 12.0. The van der Waals surface area contributed by atoms with Gasteiger partial charge in [0.1, 0.15) is 0 Å². The molecule has 0 spiro atoms. The molecule has 3 rings (SSSR count). The van der Waals surface area contributed by atoms with Crippen LogP contribution in [0.1, 0.15) is 31.2 Å². The molecule has 2 aliphatic carbocycles. The van der Waals surface area contributed by atoms with Crippen molar-refractivity contribution in [3.8, 4) is 11.5 Å². The monoisotopic (exact) mass is 281 g/mol. The summed E-state index contributed by atoms with van der Waals surface area (Å²) in [5.74, 6) is 2.27. The Labute approximate surface area is 119 Å². The summed E-state index contributed by atoms with van der Waals surface area (Å²) in [7, 11) is 1.67. The zero-order chi connectivity index (χ0) is 13.5. The average molecular weight is 282 g/mol. The van der Waals surface area contributed by atoms with Gasteiger partial charge in [0.25, 0.3) is 0 Å². The second-order valence-electron chi connectivity index (χ2n) is 5.69. The van der Waals surface area contributed by atoms with E-state index >= 15 is 0 Å². The Morgan fingerprint density at radius 3 is 2.63 bits per heavy atom. The Balaban J connectivity index is 1.98. The molecule has 4 heteroatoms. The third-order valence-corrected chi connectivity index (χ3v) is 4.54. The van der Waals surface area contributed by atoms with E-state index in [1.807, 2.05) is 12.1 Å². The molecule has 2 fully saturated rings. The first-order chi connectivity index (χ1) is 9.20. The lowest BCUT2D eigenvalue weighted by Crippen LogP contribution is -2.21. The minimum Gasteiger partial charge on any atom is -0.493 e. The van der Waals surface area contributed by atoms with Gasteiger partial charge in [-0.1, -0.05) is 11.6 Å². The van der Waals surface area contributed by atoms with Gasteiger partial charge in [-0.3, -0.25) is 0 Å². The number of hydrogen-bond donors (Lipinski definition) is 1. The van der Waals surface area contributed by atoms with Crippen LogP contribution < -0.4 is 15.2 Å². The molecule has 0 aliphatic heterocycles. The summed E-state index contributed by atoms with van der Waals surface area (Å²) in [6, 6.07) is 3.76. The second kappa shape index (κ2) is 4.88. The lowest BCUT2D eigenvalue weighted by atomic mass is 9.94.